The number of hydrogen-bond donors (Lipinski definition) is 0. The molecule has 10 aromatic rings. The Morgan fingerprint density at radius 1 is 0.523 bits per heavy atom. The van der Waals surface area contributed by atoms with Gasteiger partial charge in [0.25, 0.3) is 11.8 Å². The Bertz CT molecular complexity index is 4040. The van der Waals surface area contributed by atoms with E-state index < -0.39 is 26.4 Å². The lowest BCUT2D eigenvalue weighted by Gasteiger charge is -2.27. The number of nitrogens with zero attached hydrogens (tertiary/aromatic N) is 5. The zero-order chi connectivity index (χ0) is 60.7. The number of benzene rings is 8. The lowest BCUT2D eigenvalue weighted by atomic mass is 9.99. The molecule has 0 unspecified atom stereocenters. The Morgan fingerprint density at radius 2 is 0.920 bits per heavy atom. The minimum atomic E-state index is -1.37. The van der Waals surface area contributed by atoms with Crippen molar-refractivity contribution in [3.05, 3.63) is 274 Å². The summed E-state index contributed by atoms with van der Waals surface area (Å²) in [5, 5.41) is 1.38. The number of fused-ring (bicyclic) bond motifs is 4. The maximum Gasteiger partial charge on any atom is 0.415 e. The van der Waals surface area contributed by atoms with Crippen LogP contribution in [-0.4, -0.2) is 83.6 Å². The Kier molecular flexibility index (Phi) is 17.4. The molecule has 0 atom stereocenters. The molecule has 5 heterocycles. The fourth-order valence-electron chi connectivity index (χ4n) is 11.3. The molecule has 3 amide bonds. The molecule has 13 nitrogen and oxygen atoms in total. The van der Waals surface area contributed by atoms with Crippen LogP contribution in [0.15, 0.2) is 207 Å². The molecule has 3 aliphatic rings. The first-order chi connectivity index (χ1) is 42.8. The average Bonchev–Trinajstić information content (AvgIpc) is 1.61. The van der Waals surface area contributed by atoms with Gasteiger partial charge in [0.1, 0.15) is 46.4 Å². The van der Waals surface area contributed by atoms with Crippen LogP contribution in [0.1, 0.15) is 77.4 Å². The summed E-state index contributed by atoms with van der Waals surface area (Å²) in [7, 11) is -1.37. The van der Waals surface area contributed by atoms with Gasteiger partial charge in [0, 0.05) is 68.5 Å². The van der Waals surface area contributed by atoms with E-state index in [9.17, 15) is 23.2 Å². The summed E-state index contributed by atoms with van der Waals surface area (Å²) < 4.78 is 59.2. The molecule has 13 rings (SSSR count). The normalized spacial score (nSPS) is 13.8. The average molecular weight is 1190 g/mol. The third kappa shape index (κ3) is 12.8. The van der Waals surface area contributed by atoms with Gasteiger partial charge in [0.05, 0.1) is 44.0 Å². The highest BCUT2D eigenvalue weighted by Crippen LogP contribution is 2.49. The van der Waals surface area contributed by atoms with Gasteiger partial charge < -0.3 is 38.4 Å². The van der Waals surface area contributed by atoms with Crippen LogP contribution in [0.2, 0.25) is 25.7 Å². The zero-order valence-electron chi connectivity index (χ0n) is 49.1. The summed E-state index contributed by atoms with van der Waals surface area (Å²) in [5.41, 5.74) is 8.48. The van der Waals surface area contributed by atoms with Crippen molar-refractivity contribution < 1.29 is 46.8 Å². The van der Waals surface area contributed by atoms with Crippen LogP contribution in [0.3, 0.4) is 0 Å². The smallest absolute Gasteiger partial charge is 0.415 e. The van der Waals surface area contributed by atoms with Crippen LogP contribution in [0.5, 0.6) is 23.0 Å². The van der Waals surface area contributed by atoms with E-state index in [0.717, 1.165) is 50.4 Å². The molecule has 0 radical (unpaired) electrons. The number of ether oxygens (including phenoxy) is 5. The minimum absolute atomic E-state index is 0.156. The van der Waals surface area contributed by atoms with Crippen LogP contribution in [0, 0.1) is 11.6 Å². The van der Waals surface area contributed by atoms with E-state index in [1.807, 2.05) is 140 Å². The Morgan fingerprint density at radius 3 is 1.33 bits per heavy atom. The molecule has 16 heteroatoms. The van der Waals surface area contributed by atoms with Gasteiger partial charge in [-0.2, -0.15) is 0 Å². The maximum absolute atomic E-state index is 14.3. The largest absolute Gasteiger partial charge is 0.493 e. The van der Waals surface area contributed by atoms with Crippen LogP contribution in [0.25, 0.3) is 21.8 Å². The van der Waals surface area contributed by atoms with E-state index in [-0.39, 0.29) is 42.3 Å². The lowest BCUT2D eigenvalue weighted by Crippen LogP contribution is -2.42. The molecule has 1 fully saturated rings. The number of carbonyl (C=O) groups is 3. The number of carbonyl (C=O) groups excluding carboxylic acids is 3. The highest BCUT2D eigenvalue weighted by atomic mass is 28.3. The number of morpholine rings is 1. The quantitative estimate of drug-likeness (QED) is 0.0812. The number of hydrogen-bond acceptors (Lipinski definition) is 10. The van der Waals surface area contributed by atoms with Gasteiger partial charge in [-0.3, -0.25) is 19.6 Å². The van der Waals surface area contributed by atoms with E-state index in [4.69, 9.17) is 28.7 Å². The summed E-state index contributed by atoms with van der Waals surface area (Å²) in [6, 6.07) is 60.4. The summed E-state index contributed by atoms with van der Waals surface area (Å²) >= 11 is 0. The standard InChI is InChI=1S/C36H30FN3O5.C36H35FN2O3Si/c37-27-15-13-24(14-16-27)22-40-23-29-30(35(40)41)34(44-32(25-8-3-1-4-9-25)26-10-5-2-6-11-26)31-28(12-7-17-38-31)33(29)45-36(42)39-18-20-43-21-19-39;1-43(2,3)22-21-41-34-29-15-10-20-38-32(29)35(42-33(26-11-6-4-7-12-26)27-13-8-5-9-14-27)31-30(34)24-39(36(31)40)23-25-16-18-28(37)19-17-25/h1-17,32H,18-23H2;4-20,33H,21-24H2,1-3H3. The highest BCUT2D eigenvalue weighted by Gasteiger charge is 2.40. The Labute approximate surface area is 510 Å². The topological polar surface area (TPSA) is 133 Å². The molecule has 1 saturated heterocycles. The van der Waals surface area contributed by atoms with Gasteiger partial charge in [0.15, 0.2) is 11.5 Å². The van der Waals surface area contributed by atoms with Crippen molar-refractivity contribution in [2.45, 2.75) is 64.1 Å². The first kappa shape index (κ1) is 58.6. The van der Waals surface area contributed by atoms with Gasteiger partial charge in [-0.15, -0.1) is 0 Å². The van der Waals surface area contributed by atoms with Crippen molar-refractivity contribution in [1.29, 1.82) is 0 Å². The van der Waals surface area contributed by atoms with Crippen molar-refractivity contribution in [3.63, 3.8) is 0 Å². The fourth-order valence-corrected chi connectivity index (χ4v) is 12.1. The van der Waals surface area contributed by atoms with E-state index >= 15 is 0 Å². The van der Waals surface area contributed by atoms with Crippen molar-refractivity contribution in [3.8, 4) is 23.0 Å². The summed E-state index contributed by atoms with van der Waals surface area (Å²) in [6.45, 7) is 10.3. The lowest BCUT2D eigenvalue weighted by molar-refractivity contribution is 0.0416. The number of halogens is 2. The van der Waals surface area contributed by atoms with E-state index in [1.165, 1.54) is 24.3 Å². The third-order valence-corrected chi connectivity index (χ3v) is 17.6. The first-order valence-electron chi connectivity index (χ1n) is 29.5. The van der Waals surface area contributed by atoms with Crippen molar-refractivity contribution >= 4 is 47.8 Å². The number of pyridine rings is 2. The monoisotopic (exact) mass is 1190 g/mol. The van der Waals surface area contributed by atoms with E-state index in [0.29, 0.717) is 96.4 Å². The summed E-state index contributed by atoms with van der Waals surface area (Å²) in [5.74, 6) is 0.630. The fraction of sp³-hybridized carbons (Fsp3) is 0.208. The molecular weight excluding hydrogens is 1130 g/mol. The van der Waals surface area contributed by atoms with Crippen molar-refractivity contribution in [2.75, 3.05) is 32.9 Å². The number of aromatic nitrogens is 2. The Hall–Kier alpha value is -9.77. The van der Waals surface area contributed by atoms with Gasteiger partial charge in [-0.05, 0) is 88.0 Å². The van der Waals surface area contributed by atoms with Gasteiger partial charge in [-0.1, -0.05) is 165 Å². The Balaban J connectivity index is 0.000000172. The van der Waals surface area contributed by atoms with Crippen molar-refractivity contribution in [2.24, 2.45) is 0 Å². The van der Waals surface area contributed by atoms with E-state index in [2.05, 4.69) is 24.6 Å². The molecule has 2 aromatic heterocycles. The second kappa shape index (κ2) is 26.1. The molecule has 88 heavy (non-hydrogen) atoms. The molecule has 0 saturated carbocycles. The molecule has 8 aromatic carbocycles. The predicted molar refractivity (Wildman–Crippen MR) is 336 cm³/mol. The van der Waals surface area contributed by atoms with Crippen LogP contribution in [0.4, 0.5) is 13.6 Å². The molecule has 444 valence electrons. The van der Waals surface area contributed by atoms with Crippen molar-refractivity contribution in [1.82, 2.24) is 24.7 Å². The highest BCUT2D eigenvalue weighted by molar-refractivity contribution is 6.76. The molecule has 3 aliphatic heterocycles. The zero-order valence-corrected chi connectivity index (χ0v) is 50.1. The van der Waals surface area contributed by atoms with Gasteiger partial charge >= 0.3 is 6.09 Å². The second-order valence-electron chi connectivity index (χ2n) is 23.2. The molecule has 0 spiro atoms. The number of rotatable bonds is 17. The predicted octanol–water partition coefficient (Wildman–Crippen LogP) is 14.9. The number of amides is 3. The molecular formula is C72H65F2N5O8Si. The minimum Gasteiger partial charge on any atom is -0.493 e. The second-order valence-corrected chi connectivity index (χ2v) is 28.8. The van der Waals surface area contributed by atoms with Crippen LogP contribution >= 0.6 is 0 Å². The first-order valence-corrected chi connectivity index (χ1v) is 33.2. The molecule has 0 aliphatic carbocycles. The maximum atomic E-state index is 14.3. The van der Waals surface area contributed by atoms with Gasteiger partial charge in [0.2, 0.25) is 0 Å². The van der Waals surface area contributed by atoms with Crippen LogP contribution in [-0.2, 0) is 30.9 Å². The van der Waals surface area contributed by atoms with E-state index in [1.54, 1.807) is 57.4 Å². The molecule has 0 N–H and O–H groups in total. The van der Waals surface area contributed by atoms with Crippen LogP contribution < -0.4 is 18.9 Å². The third-order valence-electron chi connectivity index (χ3n) is 15.9. The summed E-state index contributed by atoms with van der Waals surface area (Å²) in [6.07, 6.45) is 1.82. The van der Waals surface area contributed by atoms with Gasteiger partial charge in [-0.25, -0.2) is 13.6 Å². The summed E-state index contributed by atoms with van der Waals surface area (Å²) in [4.78, 5) is 56.4. The molecule has 0 bridgehead atoms. The SMILES string of the molecule is C[Si](C)(C)CCOc1c2c(c(OC(c3ccccc3)c3ccccc3)c3ncccc13)C(=O)N(Cc1ccc(F)cc1)C2.O=C(Oc1c2c(c(OC(c3ccccc3)c3ccccc3)c3ncccc13)C(=O)N(Cc1ccc(F)cc1)C2)N1CCOCC1.